The number of hydrogen-bond acceptors (Lipinski definition) is 5. The molecule has 0 aliphatic rings. The molecule has 1 amide bonds. The molecular formula is C20H16F2N4O2S. The topological polar surface area (TPSA) is 68.5 Å². The molecule has 0 spiro atoms. The van der Waals surface area contributed by atoms with E-state index in [0.717, 1.165) is 22.1 Å². The number of halogens is 2. The van der Waals surface area contributed by atoms with E-state index in [0.29, 0.717) is 10.8 Å². The van der Waals surface area contributed by atoms with Crippen molar-refractivity contribution >= 4 is 39.9 Å². The lowest BCUT2D eigenvalue weighted by Gasteiger charge is -2.08. The van der Waals surface area contributed by atoms with Gasteiger partial charge in [-0.05, 0) is 48.9 Å². The maximum Gasteiger partial charge on any atom is 0.387 e. The second-order valence-electron chi connectivity index (χ2n) is 6.26. The number of nitrogens with one attached hydrogen (secondary N) is 1. The number of aromatic nitrogens is 3. The Kier molecular flexibility index (Phi) is 5.30. The summed E-state index contributed by atoms with van der Waals surface area (Å²) < 4.78 is 30.6. The molecular weight excluding hydrogens is 398 g/mol. The number of rotatable bonds is 6. The van der Waals surface area contributed by atoms with Gasteiger partial charge in [-0.2, -0.15) is 8.78 Å². The molecule has 0 saturated heterocycles. The van der Waals surface area contributed by atoms with Gasteiger partial charge >= 0.3 is 6.61 Å². The van der Waals surface area contributed by atoms with E-state index in [1.54, 1.807) is 0 Å². The van der Waals surface area contributed by atoms with E-state index >= 15 is 0 Å². The van der Waals surface area contributed by atoms with Crippen LogP contribution in [0.3, 0.4) is 0 Å². The molecule has 2 aromatic carbocycles. The number of ether oxygens (including phenoxy) is 1. The Hall–Kier alpha value is -3.20. The number of anilines is 1. The first-order chi connectivity index (χ1) is 14.0. The van der Waals surface area contributed by atoms with Gasteiger partial charge in [-0.15, -0.1) is 10.2 Å². The molecule has 0 saturated carbocycles. The number of para-hydroxylation sites is 1. The van der Waals surface area contributed by atoms with Crippen LogP contribution in [0.5, 0.6) is 5.75 Å². The predicted octanol–water partition coefficient (Wildman–Crippen LogP) is 4.52. The van der Waals surface area contributed by atoms with Crippen molar-refractivity contribution in [3.63, 3.8) is 0 Å². The van der Waals surface area contributed by atoms with E-state index in [2.05, 4.69) is 20.3 Å². The van der Waals surface area contributed by atoms with Crippen molar-refractivity contribution < 1.29 is 18.3 Å². The highest BCUT2D eigenvalue weighted by Crippen LogP contribution is 2.26. The molecule has 0 radical (unpaired) electrons. The zero-order valence-electron chi connectivity index (χ0n) is 15.3. The molecule has 2 heterocycles. The summed E-state index contributed by atoms with van der Waals surface area (Å²) in [6.45, 7) is -0.862. The van der Waals surface area contributed by atoms with Gasteiger partial charge in [-0.25, -0.2) is 0 Å². The lowest BCUT2D eigenvalue weighted by atomic mass is 10.1. The van der Waals surface area contributed by atoms with Crippen molar-refractivity contribution in [1.82, 2.24) is 14.6 Å². The van der Waals surface area contributed by atoms with Crippen LogP contribution in [0.25, 0.3) is 16.6 Å². The second-order valence-corrected chi connectivity index (χ2v) is 7.20. The number of benzene rings is 2. The molecule has 6 nitrogen and oxygen atoms in total. The van der Waals surface area contributed by atoms with E-state index in [1.165, 1.54) is 36.0 Å². The average molecular weight is 414 g/mol. The molecule has 148 valence electrons. The van der Waals surface area contributed by atoms with E-state index in [1.807, 2.05) is 41.7 Å². The van der Waals surface area contributed by atoms with Crippen LogP contribution in [0.15, 0.2) is 59.8 Å². The van der Waals surface area contributed by atoms with E-state index < -0.39 is 6.61 Å². The molecule has 0 bridgehead atoms. The molecule has 4 aromatic rings. The third kappa shape index (κ3) is 4.14. The predicted molar refractivity (Wildman–Crippen MR) is 108 cm³/mol. The summed E-state index contributed by atoms with van der Waals surface area (Å²) in [6, 6.07) is 15.7. The minimum absolute atomic E-state index is 0.0319. The van der Waals surface area contributed by atoms with Crippen LogP contribution < -0.4 is 10.1 Å². The van der Waals surface area contributed by atoms with Crippen molar-refractivity contribution in [3.05, 3.63) is 60.2 Å². The molecule has 29 heavy (non-hydrogen) atoms. The fourth-order valence-corrected chi connectivity index (χ4v) is 3.77. The molecule has 2 aromatic heterocycles. The van der Waals surface area contributed by atoms with Crippen LogP contribution in [-0.2, 0) is 4.79 Å². The van der Waals surface area contributed by atoms with E-state index in [4.69, 9.17) is 0 Å². The summed E-state index contributed by atoms with van der Waals surface area (Å²) in [6.07, 6.45) is 0. The lowest BCUT2D eigenvalue weighted by molar-refractivity contribution is -0.113. The van der Waals surface area contributed by atoms with Crippen LogP contribution in [0.1, 0.15) is 5.56 Å². The number of pyridine rings is 1. The summed E-state index contributed by atoms with van der Waals surface area (Å²) in [7, 11) is 0. The third-order valence-electron chi connectivity index (χ3n) is 4.27. The van der Waals surface area contributed by atoms with E-state index in [9.17, 15) is 13.6 Å². The number of fused-ring (bicyclic) bond motifs is 3. The minimum Gasteiger partial charge on any atom is -0.435 e. The first kappa shape index (κ1) is 19.1. The third-order valence-corrected chi connectivity index (χ3v) is 5.20. The molecule has 4 rings (SSSR count). The Balaban J connectivity index is 1.47. The minimum atomic E-state index is -2.88. The van der Waals surface area contributed by atoms with Crippen LogP contribution in [0.4, 0.5) is 14.5 Å². The first-order valence-electron chi connectivity index (χ1n) is 8.72. The molecule has 1 N–H and O–H groups in total. The van der Waals surface area contributed by atoms with Gasteiger partial charge in [0.2, 0.25) is 5.91 Å². The fourth-order valence-electron chi connectivity index (χ4n) is 3.02. The van der Waals surface area contributed by atoms with Crippen molar-refractivity contribution in [1.29, 1.82) is 0 Å². The van der Waals surface area contributed by atoms with Gasteiger partial charge in [0, 0.05) is 11.1 Å². The quantitative estimate of drug-likeness (QED) is 0.470. The van der Waals surface area contributed by atoms with Crippen molar-refractivity contribution in [2.75, 3.05) is 11.1 Å². The largest absolute Gasteiger partial charge is 0.435 e. The van der Waals surface area contributed by atoms with Gasteiger partial charge in [0.1, 0.15) is 5.75 Å². The lowest BCUT2D eigenvalue weighted by Crippen LogP contribution is -2.14. The zero-order chi connectivity index (χ0) is 20.4. The molecule has 9 heteroatoms. The second kappa shape index (κ2) is 8.04. The average Bonchev–Trinajstić information content (AvgIpc) is 3.11. The molecule has 0 aliphatic heterocycles. The van der Waals surface area contributed by atoms with Crippen LogP contribution in [0.2, 0.25) is 0 Å². The number of hydrogen-bond donors (Lipinski definition) is 1. The Bertz CT molecular complexity index is 1180. The normalized spacial score (nSPS) is 11.3. The number of thioether (sulfide) groups is 1. The monoisotopic (exact) mass is 414 g/mol. The number of amides is 1. The summed E-state index contributed by atoms with van der Waals surface area (Å²) in [5.74, 6) is -0.0895. The Morgan fingerprint density at radius 3 is 2.69 bits per heavy atom. The van der Waals surface area contributed by atoms with Gasteiger partial charge in [0.05, 0.1) is 11.3 Å². The van der Waals surface area contributed by atoms with E-state index in [-0.39, 0.29) is 17.4 Å². The first-order valence-corrected chi connectivity index (χ1v) is 9.71. The maximum absolute atomic E-state index is 12.3. The highest BCUT2D eigenvalue weighted by molar-refractivity contribution is 7.99. The summed E-state index contributed by atoms with van der Waals surface area (Å²) >= 11 is 1.27. The van der Waals surface area contributed by atoms with Gasteiger partial charge in [0.15, 0.2) is 10.8 Å². The van der Waals surface area contributed by atoms with Gasteiger partial charge < -0.3 is 10.1 Å². The van der Waals surface area contributed by atoms with Crippen LogP contribution in [0, 0.1) is 6.92 Å². The molecule has 0 fully saturated rings. The smallest absolute Gasteiger partial charge is 0.387 e. The Morgan fingerprint density at radius 2 is 1.93 bits per heavy atom. The fraction of sp³-hybridized carbons (Fsp3) is 0.150. The molecule has 0 aliphatic carbocycles. The number of aryl methyl sites for hydroxylation is 1. The standard InChI is InChI=1S/C20H16F2N4O2S/c1-12-10-17-24-25-20(26(17)16-5-3-2-4-15(12)16)29-11-18(27)23-13-6-8-14(9-7-13)28-19(21)22/h2-10,19H,11H2,1H3,(H,23,27). The van der Waals surface area contributed by atoms with Crippen molar-refractivity contribution in [2.24, 2.45) is 0 Å². The SMILES string of the molecule is Cc1cc2nnc(SCC(=O)Nc3ccc(OC(F)F)cc3)n2c2ccccc12. The van der Waals surface area contributed by atoms with Gasteiger partial charge in [-0.3, -0.25) is 9.20 Å². The summed E-state index contributed by atoms with van der Waals surface area (Å²) in [4.78, 5) is 12.3. The number of carbonyl (C=O) groups excluding carboxylic acids is 1. The summed E-state index contributed by atoms with van der Waals surface area (Å²) in [5.41, 5.74) is 3.29. The zero-order valence-corrected chi connectivity index (χ0v) is 16.1. The maximum atomic E-state index is 12.3. The van der Waals surface area contributed by atoms with Crippen molar-refractivity contribution in [3.8, 4) is 5.75 Å². The Labute approximate surface area is 168 Å². The highest BCUT2D eigenvalue weighted by Gasteiger charge is 2.13. The Morgan fingerprint density at radius 1 is 1.17 bits per heavy atom. The molecule has 0 unspecified atom stereocenters. The van der Waals surface area contributed by atoms with Crippen LogP contribution >= 0.6 is 11.8 Å². The summed E-state index contributed by atoms with van der Waals surface area (Å²) in [5, 5.41) is 12.9. The van der Waals surface area contributed by atoms with Crippen molar-refractivity contribution in [2.45, 2.75) is 18.7 Å². The van der Waals surface area contributed by atoms with Gasteiger partial charge in [0.25, 0.3) is 0 Å². The van der Waals surface area contributed by atoms with Crippen LogP contribution in [-0.4, -0.2) is 32.9 Å². The molecule has 0 atom stereocenters. The number of alkyl halides is 2. The number of carbonyl (C=O) groups is 1. The van der Waals surface area contributed by atoms with Gasteiger partial charge in [-0.1, -0.05) is 30.0 Å². The highest BCUT2D eigenvalue weighted by atomic mass is 32.2. The number of nitrogens with zero attached hydrogens (tertiary/aromatic N) is 3.